The van der Waals surface area contributed by atoms with Crippen molar-refractivity contribution in [2.24, 2.45) is 5.92 Å². The number of nitrogens with zero attached hydrogens (tertiary/aromatic N) is 3. The van der Waals surface area contributed by atoms with Gasteiger partial charge in [0, 0.05) is 37.8 Å². The molecule has 0 aliphatic carbocycles. The molecule has 1 amide bonds. The number of carbonyl (C=O) groups excluding carboxylic acids is 1. The average Bonchev–Trinajstić information content (AvgIpc) is 2.85. The van der Waals surface area contributed by atoms with E-state index in [0.29, 0.717) is 19.5 Å². The summed E-state index contributed by atoms with van der Waals surface area (Å²) in [5.41, 5.74) is 2.94. The van der Waals surface area contributed by atoms with Crippen LogP contribution in [-0.2, 0) is 11.2 Å². The van der Waals surface area contributed by atoms with Crippen LogP contribution >= 0.6 is 0 Å². The molecule has 2 heterocycles. The number of aromatic nitrogens is 2. The second-order valence-corrected chi connectivity index (χ2v) is 5.04. The van der Waals surface area contributed by atoms with Crippen molar-refractivity contribution in [3.8, 4) is 12.3 Å². The smallest absolute Gasteiger partial charge is 0.223 e. The van der Waals surface area contributed by atoms with Gasteiger partial charge in [-0.05, 0) is 24.1 Å². The van der Waals surface area contributed by atoms with Gasteiger partial charge in [-0.25, -0.2) is 0 Å². The number of hydrogen-bond acceptors (Lipinski definition) is 3. The molecular formula is C16H15N3O. The molecule has 0 spiro atoms. The molecule has 0 radical (unpaired) electrons. The lowest BCUT2D eigenvalue weighted by Crippen LogP contribution is -2.27. The normalized spacial score (nSPS) is 18.4. The molecule has 20 heavy (non-hydrogen) atoms. The van der Waals surface area contributed by atoms with E-state index >= 15 is 0 Å². The summed E-state index contributed by atoms with van der Waals surface area (Å²) < 4.78 is 0. The highest BCUT2D eigenvalue weighted by Crippen LogP contribution is 2.18. The zero-order valence-electron chi connectivity index (χ0n) is 11.1. The first-order valence-corrected chi connectivity index (χ1v) is 6.70. The van der Waals surface area contributed by atoms with Crippen LogP contribution in [0.4, 0.5) is 0 Å². The lowest BCUT2D eigenvalue weighted by molar-refractivity contribution is -0.127. The third-order valence-corrected chi connectivity index (χ3v) is 3.65. The van der Waals surface area contributed by atoms with Crippen LogP contribution in [0.15, 0.2) is 30.6 Å². The highest BCUT2D eigenvalue weighted by atomic mass is 16.2. The lowest BCUT2D eigenvalue weighted by Gasteiger charge is -2.15. The van der Waals surface area contributed by atoms with Gasteiger partial charge in [0.05, 0.1) is 11.0 Å². The van der Waals surface area contributed by atoms with E-state index in [2.05, 4.69) is 15.9 Å². The van der Waals surface area contributed by atoms with Crippen LogP contribution in [0.5, 0.6) is 0 Å². The first-order chi connectivity index (χ1) is 9.76. The first kappa shape index (κ1) is 12.6. The Kier molecular flexibility index (Phi) is 3.34. The summed E-state index contributed by atoms with van der Waals surface area (Å²) in [6, 6.07) is 6.03. The summed E-state index contributed by atoms with van der Waals surface area (Å²) in [4.78, 5) is 22.2. The van der Waals surface area contributed by atoms with Crippen molar-refractivity contribution in [3.63, 3.8) is 0 Å². The fourth-order valence-corrected chi connectivity index (χ4v) is 2.53. The van der Waals surface area contributed by atoms with Gasteiger partial charge >= 0.3 is 0 Å². The Bertz CT molecular complexity index is 689. The summed E-state index contributed by atoms with van der Waals surface area (Å²) >= 11 is 0. The van der Waals surface area contributed by atoms with E-state index in [-0.39, 0.29) is 11.8 Å². The van der Waals surface area contributed by atoms with Gasteiger partial charge < -0.3 is 4.90 Å². The van der Waals surface area contributed by atoms with Crippen LogP contribution in [0.25, 0.3) is 11.0 Å². The van der Waals surface area contributed by atoms with Crippen LogP contribution in [0.3, 0.4) is 0 Å². The largest absolute Gasteiger partial charge is 0.341 e. The molecule has 1 atom stereocenters. The summed E-state index contributed by atoms with van der Waals surface area (Å²) in [6.07, 6.45) is 10.1. The molecule has 1 fully saturated rings. The quantitative estimate of drug-likeness (QED) is 0.793. The molecule has 0 saturated carbocycles. The Labute approximate surface area is 117 Å². The molecule has 100 valence electrons. The molecule has 1 aliphatic rings. The predicted octanol–water partition coefficient (Wildman–Crippen LogP) is 1.65. The van der Waals surface area contributed by atoms with Gasteiger partial charge in [0.2, 0.25) is 5.91 Å². The third-order valence-electron chi connectivity index (χ3n) is 3.65. The molecule has 3 rings (SSSR count). The highest BCUT2D eigenvalue weighted by molar-refractivity contribution is 5.79. The number of hydrogen-bond donors (Lipinski definition) is 0. The number of benzene rings is 1. The third kappa shape index (κ3) is 2.48. The van der Waals surface area contributed by atoms with Gasteiger partial charge in [0.15, 0.2) is 0 Å². The summed E-state index contributed by atoms with van der Waals surface area (Å²) in [7, 11) is 0. The van der Waals surface area contributed by atoms with Crippen molar-refractivity contribution in [1.82, 2.24) is 14.9 Å². The molecule has 1 unspecified atom stereocenters. The van der Waals surface area contributed by atoms with Gasteiger partial charge in [-0.3, -0.25) is 14.8 Å². The highest BCUT2D eigenvalue weighted by Gasteiger charge is 2.27. The van der Waals surface area contributed by atoms with Gasteiger partial charge in [0.25, 0.3) is 0 Å². The van der Waals surface area contributed by atoms with Crippen molar-refractivity contribution >= 4 is 16.9 Å². The van der Waals surface area contributed by atoms with E-state index in [9.17, 15) is 4.79 Å². The molecular weight excluding hydrogens is 250 g/mol. The maximum atomic E-state index is 11.8. The molecule has 2 aromatic rings. The molecule has 1 aromatic heterocycles. The molecule has 0 N–H and O–H groups in total. The first-order valence-electron chi connectivity index (χ1n) is 6.70. The number of rotatable bonds is 3. The summed E-state index contributed by atoms with van der Waals surface area (Å²) in [6.45, 7) is 1.39. The molecule has 4 nitrogen and oxygen atoms in total. The van der Waals surface area contributed by atoms with Gasteiger partial charge in [0.1, 0.15) is 0 Å². The Balaban J connectivity index is 1.68. The predicted molar refractivity (Wildman–Crippen MR) is 76.8 cm³/mol. The molecule has 4 heteroatoms. The summed E-state index contributed by atoms with van der Waals surface area (Å²) in [5.74, 6) is 2.90. The van der Waals surface area contributed by atoms with Gasteiger partial charge in [-0.15, -0.1) is 12.3 Å². The SMILES string of the molecule is C#CC1CC(=O)N(CCc2ccc3nccnc3c2)C1. The van der Waals surface area contributed by atoms with Crippen LogP contribution in [0.1, 0.15) is 12.0 Å². The van der Waals surface area contributed by atoms with E-state index < -0.39 is 0 Å². The minimum absolute atomic E-state index is 0.0740. The van der Waals surface area contributed by atoms with E-state index in [1.165, 1.54) is 0 Å². The standard InChI is InChI=1S/C16H15N3O/c1-2-12-10-16(20)19(11-12)8-5-13-3-4-14-15(9-13)18-7-6-17-14/h1,3-4,6-7,9,12H,5,8,10-11H2. The Hall–Kier alpha value is -2.41. The van der Waals surface area contributed by atoms with E-state index in [1.54, 1.807) is 12.4 Å². The van der Waals surface area contributed by atoms with Crippen molar-refractivity contribution in [3.05, 3.63) is 36.2 Å². The number of carbonyl (C=O) groups is 1. The van der Waals surface area contributed by atoms with Crippen LogP contribution < -0.4 is 0 Å². The number of fused-ring (bicyclic) bond motifs is 1. The maximum absolute atomic E-state index is 11.8. The van der Waals surface area contributed by atoms with Crippen LogP contribution in [-0.4, -0.2) is 33.9 Å². The van der Waals surface area contributed by atoms with Crippen molar-refractivity contribution in [1.29, 1.82) is 0 Å². The number of likely N-dealkylation sites (tertiary alicyclic amines) is 1. The maximum Gasteiger partial charge on any atom is 0.223 e. The Morgan fingerprint density at radius 2 is 2.10 bits per heavy atom. The van der Waals surface area contributed by atoms with Crippen LogP contribution in [0, 0.1) is 18.3 Å². The van der Waals surface area contributed by atoms with Crippen molar-refractivity contribution in [2.75, 3.05) is 13.1 Å². The Morgan fingerprint density at radius 3 is 2.85 bits per heavy atom. The second kappa shape index (κ2) is 5.30. The average molecular weight is 265 g/mol. The topological polar surface area (TPSA) is 46.1 Å². The zero-order chi connectivity index (χ0) is 13.9. The fraction of sp³-hybridized carbons (Fsp3) is 0.312. The van der Waals surface area contributed by atoms with Gasteiger partial charge in [-0.1, -0.05) is 6.07 Å². The number of amides is 1. The van der Waals surface area contributed by atoms with E-state index in [4.69, 9.17) is 6.42 Å². The second-order valence-electron chi connectivity index (χ2n) is 5.04. The molecule has 1 aromatic carbocycles. The summed E-state index contributed by atoms with van der Waals surface area (Å²) in [5, 5.41) is 0. The lowest BCUT2D eigenvalue weighted by atomic mass is 10.1. The fourth-order valence-electron chi connectivity index (χ4n) is 2.53. The Morgan fingerprint density at radius 1 is 1.30 bits per heavy atom. The number of terminal acetylenes is 1. The minimum atomic E-state index is 0.0740. The zero-order valence-corrected chi connectivity index (χ0v) is 11.1. The monoisotopic (exact) mass is 265 g/mol. The van der Waals surface area contributed by atoms with E-state index in [1.807, 2.05) is 23.1 Å². The van der Waals surface area contributed by atoms with Crippen molar-refractivity contribution in [2.45, 2.75) is 12.8 Å². The minimum Gasteiger partial charge on any atom is -0.341 e. The van der Waals surface area contributed by atoms with Crippen LogP contribution in [0.2, 0.25) is 0 Å². The van der Waals surface area contributed by atoms with Gasteiger partial charge in [-0.2, -0.15) is 0 Å². The molecule has 1 aliphatic heterocycles. The van der Waals surface area contributed by atoms with E-state index in [0.717, 1.165) is 23.0 Å². The molecule has 0 bridgehead atoms. The van der Waals surface area contributed by atoms with Crippen molar-refractivity contribution < 1.29 is 4.79 Å². The molecule has 1 saturated heterocycles.